The zero-order chi connectivity index (χ0) is 11.3. The molecule has 4 heteroatoms. The smallest absolute Gasteiger partial charge is 0.250 e. The normalized spacial score (nSPS) is 12.2. The number of nitrogens with one attached hydrogen (secondary N) is 1. The molecule has 15 heavy (non-hydrogen) atoms. The highest BCUT2D eigenvalue weighted by molar-refractivity contribution is 5.91. The first kappa shape index (κ1) is 11.7. The lowest BCUT2D eigenvalue weighted by Crippen LogP contribution is -2.16. The van der Waals surface area contributed by atoms with E-state index in [4.69, 9.17) is 0 Å². The summed E-state index contributed by atoms with van der Waals surface area (Å²) in [5, 5.41) is 11.9. The molecule has 1 rings (SSSR count). The Labute approximate surface area is 88.9 Å². The van der Waals surface area contributed by atoms with Crippen molar-refractivity contribution >= 4 is 11.6 Å². The number of anilines is 1. The molecule has 0 aliphatic rings. The maximum absolute atomic E-state index is 11.1. The van der Waals surface area contributed by atoms with Crippen LogP contribution in [0, 0.1) is 0 Å². The average Bonchev–Trinajstić information content (AvgIpc) is 2.18. The Morgan fingerprint density at radius 2 is 2.07 bits per heavy atom. The van der Waals surface area contributed by atoms with Gasteiger partial charge in [-0.1, -0.05) is 12.1 Å². The summed E-state index contributed by atoms with van der Waals surface area (Å²) in [6.45, 7) is 1.73. The van der Waals surface area contributed by atoms with Gasteiger partial charge in [0.2, 0.25) is 5.91 Å². The van der Waals surface area contributed by atoms with Crippen LogP contribution in [0.15, 0.2) is 24.3 Å². The fourth-order valence-corrected chi connectivity index (χ4v) is 1.17. The topological polar surface area (TPSA) is 58.6 Å². The highest BCUT2D eigenvalue weighted by Gasteiger charge is 2.03. The van der Waals surface area contributed by atoms with Crippen LogP contribution in [0.5, 0.6) is 0 Å². The fraction of sp³-hybridized carbons (Fsp3) is 0.364. The molecule has 2 N–H and O–H groups in total. The molecular formula is C11H15NO3. The third-order valence-electron chi connectivity index (χ3n) is 1.95. The highest BCUT2D eigenvalue weighted by atomic mass is 16.5. The monoisotopic (exact) mass is 209 g/mol. The molecule has 0 spiro atoms. The average molecular weight is 209 g/mol. The van der Waals surface area contributed by atoms with Crippen LogP contribution in [-0.2, 0) is 9.53 Å². The number of carbonyl (C=O) groups excluding carboxylic acids is 1. The standard InChI is InChI=1S/C11H15NO3/c1-8(13)9-3-5-10(6-4-9)12-11(14)7-15-2/h3-6,8,13H,7H2,1-2H3,(H,12,14). The molecule has 1 unspecified atom stereocenters. The van der Waals surface area contributed by atoms with E-state index < -0.39 is 6.10 Å². The number of ether oxygens (including phenoxy) is 1. The van der Waals surface area contributed by atoms with E-state index >= 15 is 0 Å². The number of hydrogen-bond donors (Lipinski definition) is 2. The molecule has 0 bridgehead atoms. The number of amides is 1. The molecule has 1 aromatic rings. The van der Waals surface area contributed by atoms with Crippen molar-refractivity contribution in [3.63, 3.8) is 0 Å². The molecule has 4 nitrogen and oxygen atoms in total. The number of aliphatic hydroxyl groups excluding tert-OH is 1. The van der Waals surface area contributed by atoms with Crippen molar-refractivity contribution in [2.75, 3.05) is 19.0 Å². The Hall–Kier alpha value is -1.39. The number of methoxy groups -OCH3 is 1. The van der Waals surface area contributed by atoms with Crippen molar-refractivity contribution in [3.8, 4) is 0 Å². The lowest BCUT2D eigenvalue weighted by molar-refractivity contribution is -0.119. The number of benzene rings is 1. The predicted molar refractivity (Wildman–Crippen MR) is 57.6 cm³/mol. The molecule has 0 aromatic heterocycles. The van der Waals surface area contributed by atoms with Crippen LogP contribution in [0.1, 0.15) is 18.6 Å². The van der Waals surface area contributed by atoms with Gasteiger partial charge in [0, 0.05) is 12.8 Å². The van der Waals surface area contributed by atoms with Gasteiger partial charge in [0.15, 0.2) is 0 Å². The Kier molecular flexibility index (Phi) is 4.27. The molecule has 1 aromatic carbocycles. The zero-order valence-corrected chi connectivity index (χ0v) is 8.86. The number of aliphatic hydroxyl groups is 1. The van der Waals surface area contributed by atoms with E-state index in [1.165, 1.54) is 7.11 Å². The second-order valence-electron chi connectivity index (χ2n) is 3.28. The van der Waals surface area contributed by atoms with Gasteiger partial charge >= 0.3 is 0 Å². The summed E-state index contributed by atoms with van der Waals surface area (Å²) >= 11 is 0. The lowest BCUT2D eigenvalue weighted by atomic mass is 10.1. The Morgan fingerprint density at radius 1 is 1.47 bits per heavy atom. The van der Waals surface area contributed by atoms with Crippen LogP contribution in [-0.4, -0.2) is 24.7 Å². The highest BCUT2D eigenvalue weighted by Crippen LogP contribution is 2.15. The summed E-state index contributed by atoms with van der Waals surface area (Å²) < 4.78 is 4.69. The Morgan fingerprint density at radius 3 is 2.53 bits per heavy atom. The molecule has 0 saturated carbocycles. The van der Waals surface area contributed by atoms with Crippen LogP contribution in [0.3, 0.4) is 0 Å². The first-order valence-electron chi connectivity index (χ1n) is 4.70. The molecule has 0 aliphatic carbocycles. The van der Waals surface area contributed by atoms with Gasteiger partial charge in [0.25, 0.3) is 0 Å². The summed E-state index contributed by atoms with van der Waals surface area (Å²) in [6.07, 6.45) is -0.492. The van der Waals surface area contributed by atoms with Gasteiger partial charge in [-0.15, -0.1) is 0 Å². The maximum atomic E-state index is 11.1. The number of hydrogen-bond acceptors (Lipinski definition) is 3. The molecule has 0 fully saturated rings. The van der Waals surface area contributed by atoms with Crippen LogP contribution >= 0.6 is 0 Å². The minimum absolute atomic E-state index is 0.0398. The number of carbonyl (C=O) groups is 1. The van der Waals surface area contributed by atoms with E-state index in [2.05, 4.69) is 10.1 Å². The molecule has 0 radical (unpaired) electrons. The summed E-state index contributed by atoms with van der Waals surface area (Å²) in [6, 6.07) is 7.03. The van der Waals surface area contributed by atoms with Gasteiger partial charge in [-0.25, -0.2) is 0 Å². The van der Waals surface area contributed by atoms with Crippen LogP contribution in [0.25, 0.3) is 0 Å². The van der Waals surface area contributed by atoms with E-state index in [0.29, 0.717) is 5.69 Å². The summed E-state index contributed by atoms with van der Waals surface area (Å²) in [4.78, 5) is 11.1. The molecule has 82 valence electrons. The largest absolute Gasteiger partial charge is 0.389 e. The molecule has 0 saturated heterocycles. The summed E-state index contributed by atoms with van der Waals surface area (Å²) in [5.74, 6) is -0.192. The quantitative estimate of drug-likeness (QED) is 0.786. The minimum atomic E-state index is -0.492. The third-order valence-corrected chi connectivity index (χ3v) is 1.95. The number of rotatable bonds is 4. The van der Waals surface area contributed by atoms with Crippen molar-refractivity contribution in [2.24, 2.45) is 0 Å². The van der Waals surface area contributed by atoms with Gasteiger partial charge in [-0.3, -0.25) is 4.79 Å². The first-order chi connectivity index (χ1) is 7.13. The van der Waals surface area contributed by atoms with Crippen molar-refractivity contribution in [1.82, 2.24) is 0 Å². The molecule has 1 amide bonds. The molecule has 0 heterocycles. The Bertz CT molecular complexity index is 319. The minimum Gasteiger partial charge on any atom is -0.389 e. The van der Waals surface area contributed by atoms with Gasteiger partial charge in [-0.05, 0) is 24.6 Å². The van der Waals surface area contributed by atoms with Crippen LogP contribution in [0.4, 0.5) is 5.69 Å². The molecule has 1 atom stereocenters. The van der Waals surface area contributed by atoms with Gasteiger partial charge in [0.1, 0.15) is 6.61 Å². The lowest BCUT2D eigenvalue weighted by Gasteiger charge is -2.07. The van der Waals surface area contributed by atoms with Gasteiger partial charge in [-0.2, -0.15) is 0 Å². The van der Waals surface area contributed by atoms with Gasteiger partial charge in [0.05, 0.1) is 6.10 Å². The van der Waals surface area contributed by atoms with Crippen LogP contribution in [0.2, 0.25) is 0 Å². The fourth-order valence-electron chi connectivity index (χ4n) is 1.17. The third kappa shape index (κ3) is 3.69. The van der Waals surface area contributed by atoms with Gasteiger partial charge < -0.3 is 15.2 Å². The molecular weight excluding hydrogens is 194 g/mol. The SMILES string of the molecule is COCC(=O)Nc1ccc(C(C)O)cc1. The predicted octanol–water partition coefficient (Wildman–Crippen LogP) is 1.32. The van der Waals surface area contributed by atoms with E-state index in [1.807, 2.05) is 0 Å². The summed E-state index contributed by atoms with van der Waals surface area (Å²) in [5.41, 5.74) is 1.51. The second kappa shape index (κ2) is 5.48. The van der Waals surface area contributed by atoms with Crippen molar-refractivity contribution in [1.29, 1.82) is 0 Å². The van der Waals surface area contributed by atoms with Crippen molar-refractivity contribution in [3.05, 3.63) is 29.8 Å². The molecule has 0 aliphatic heterocycles. The van der Waals surface area contributed by atoms with Crippen molar-refractivity contribution < 1.29 is 14.6 Å². The summed E-state index contributed by atoms with van der Waals surface area (Å²) in [7, 11) is 1.47. The van der Waals surface area contributed by atoms with Crippen LogP contribution < -0.4 is 5.32 Å². The van der Waals surface area contributed by atoms with E-state index in [9.17, 15) is 9.90 Å². The van der Waals surface area contributed by atoms with E-state index in [0.717, 1.165) is 5.56 Å². The Balaban J connectivity index is 2.60. The van der Waals surface area contributed by atoms with E-state index in [-0.39, 0.29) is 12.5 Å². The van der Waals surface area contributed by atoms with E-state index in [1.54, 1.807) is 31.2 Å². The zero-order valence-electron chi connectivity index (χ0n) is 8.86. The maximum Gasteiger partial charge on any atom is 0.250 e. The second-order valence-corrected chi connectivity index (χ2v) is 3.28. The van der Waals surface area contributed by atoms with Crippen molar-refractivity contribution in [2.45, 2.75) is 13.0 Å². The first-order valence-corrected chi connectivity index (χ1v) is 4.70.